The van der Waals surface area contributed by atoms with Gasteiger partial charge in [0.2, 0.25) is 0 Å². The Morgan fingerprint density at radius 2 is 1.55 bits per heavy atom. The van der Waals surface area contributed by atoms with Gasteiger partial charge < -0.3 is 5.32 Å². The SMILES string of the molecule is Cc1cccc(NC2=C(Sc3ccc(Cl)cc3)C(=O)N(c3ccccc3Cl)C2=O)c1C. The Labute approximate surface area is 194 Å². The molecule has 3 aromatic rings. The van der Waals surface area contributed by atoms with E-state index in [1.165, 1.54) is 11.8 Å². The maximum absolute atomic E-state index is 13.4. The van der Waals surface area contributed by atoms with Crippen molar-refractivity contribution >= 4 is 58.2 Å². The first-order chi connectivity index (χ1) is 14.9. The van der Waals surface area contributed by atoms with Crippen molar-refractivity contribution in [2.24, 2.45) is 0 Å². The van der Waals surface area contributed by atoms with Crippen LogP contribution >= 0.6 is 35.0 Å². The number of nitrogens with zero attached hydrogens (tertiary/aromatic N) is 1. The number of carbonyl (C=O) groups excluding carboxylic acids is 2. The number of benzene rings is 3. The van der Waals surface area contributed by atoms with Crippen molar-refractivity contribution < 1.29 is 9.59 Å². The Hall–Kier alpha value is -2.73. The number of imide groups is 1. The molecule has 0 aromatic heterocycles. The number of amides is 2. The third-order valence-electron chi connectivity index (χ3n) is 5.03. The van der Waals surface area contributed by atoms with Crippen molar-refractivity contribution in [1.29, 1.82) is 0 Å². The molecule has 0 bridgehead atoms. The van der Waals surface area contributed by atoms with Crippen LogP contribution in [0.3, 0.4) is 0 Å². The van der Waals surface area contributed by atoms with Gasteiger partial charge in [0, 0.05) is 15.6 Å². The summed E-state index contributed by atoms with van der Waals surface area (Å²) >= 11 is 13.5. The molecule has 0 radical (unpaired) electrons. The highest BCUT2D eigenvalue weighted by Crippen LogP contribution is 2.40. The number of rotatable bonds is 5. The van der Waals surface area contributed by atoms with E-state index in [9.17, 15) is 9.59 Å². The first-order valence-corrected chi connectivity index (χ1v) is 11.1. The standard InChI is InChI=1S/C24H18Cl2N2O2S/c1-14-6-5-8-19(15(14)2)27-21-22(31-17-12-10-16(25)11-13-17)24(30)28(23(21)29)20-9-4-3-7-18(20)26/h3-13,27H,1-2H3. The van der Waals surface area contributed by atoms with Crippen LogP contribution in [0, 0.1) is 13.8 Å². The number of anilines is 2. The largest absolute Gasteiger partial charge is 0.350 e. The Morgan fingerprint density at radius 1 is 0.839 bits per heavy atom. The van der Waals surface area contributed by atoms with Crippen molar-refractivity contribution in [1.82, 2.24) is 0 Å². The number of hydrogen-bond donors (Lipinski definition) is 1. The molecule has 0 aliphatic carbocycles. The van der Waals surface area contributed by atoms with Crippen molar-refractivity contribution in [3.05, 3.63) is 98.5 Å². The van der Waals surface area contributed by atoms with E-state index in [1.807, 2.05) is 44.2 Å². The van der Waals surface area contributed by atoms with E-state index in [0.29, 0.717) is 20.6 Å². The highest BCUT2D eigenvalue weighted by Gasteiger charge is 2.41. The van der Waals surface area contributed by atoms with Crippen LogP contribution < -0.4 is 10.2 Å². The van der Waals surface area contributed by atoms with Gasteiger partial charge in [-0.25, -0.2) is 4.90 Å². The van der Waals surface area contributed by atoms with Crippen LogP contribution in [-0.2, 0) is 9.59 Å². The lowest BCUT2D eigenvalue weighted by Gasteiger charge is -2.17. The van der Waals surface area contributed by atoms with E-state index in [0.717, 1.165) is 26.6 Å². The molecule has 4 rings (SSSR count). The van der Waals surface area contributed by atoms with Crippen LogP contribution in [0.1, 0.15) is 11.1 Å². The molecule has 31 heavy (non-hydrogen) atoms. The molecule has 1 aliphatic heterocycles. The van der Waals surface area contributed by atoms with Gasteiger partial charge in [-0.15, -0.1) is 0 Å². The van der Waals surface area contributed by atoms with Gasteiger partial charge in [0.05, 0.1) is 10.7 Å². The average Bonchev–Trinajstić information content (AvgIpc) is 2.97. The summed E-state index contributed by atoms with van der Waals surface area (Å²) in [6, 6.07) is 19.7. The average molecular weight is 469 g/mol. The molecule has 4 nitrogen and oxygen atoms in total. The fourth-order valence-corrected chi connectivity index (χ4v) is 4.48. The Bertz CT molecular complexity index is 1220. The van der Waals surface area contributed by atoms with Crippen molar-refractivity contribution in [3.8, 4) is 0 Å². The Balaban J connectivity index is 1.79. The summed E-state index contributed by atoms with van der Waals surface area (Å²) < 4.78 is 0. The van der Waals surface area contributed by atoms with Gasteiger partial charge in [-0.1, -0.05) is 59.2 Å². The summed E-state index contributed by atoms with van der Waals surface area (Å²) in [6.45, 7) is 3.97. The van der Waals surface area contributed by atoms with Crippen molar-refractivity contribution in [2.75, 3.05) is 10.2 Å². The van der Waals surface area contributed by atoms with Crippen molar-refractivity contribution in [3.63, 3.8) is 0 Å². The monoisotopic (exact) mass is 468 g/mol. The number of halogens is 2. The van der Waals surface area contributed by atoms with Gasteiger partial charge in [-0.2, -0.15) is 0 Å². The third kappa shape index (κ3) is 4.22. The van der Waals surface area contributed by atoms with Gasteiger partial charge in [-0.05, 0) is 67.4 Å². The van der Waals surface area contributed by atoms with Gasteiger partial charge in [0.1, 0.15) is 10.6 Å². The van der Waals surface area contributed by atoms with Crippen molar-refractivity contribution in [2.45, 2.75) is 18.7 Å². The molecule has 0 saturated heterocycles. The highest BCUT2D eigenvalue weighted by atomic mass is 35.5. The molecule has 156 valence electrons. The number of aryl methyl sites for hydroxylation is 1. The van der Waals surface area contributed by atoms with Gasteiger partial charge in [0.15, 0.2) is 0 Å². The number of hydrogen-bond acceptors (Lipinski definition) is 4. The van der Waals surface area contributed by atoms with Crippen LogP contribution in [0.5, 0.6) is 0 Å². The first-order valence-electron chi connectivity index (χ1n) is 9.51. The van der Waals surface area contributed by atoms with E-state index in [4.69, 9.17) is 23.2 Å². The van der Waals surface area contributed by atoms with Gasteiger partial charge >= 0.3 is 0 Å². The van der Waals surface area contributed by atoms with Crippen LogP contribution in [0.25, 0.3) is 0 Å². The van der Waals surface area contributed by atoms with E-state index >= 15 is 0 Å². The zero-order chi connectivity index (χ0) is 22.1. The maximum Gasteiger partial charge on any atom is 0.283 e. The zero-order valence-corrected chi connectivity index (χ0v) is 19.1. The second-order valence-electron chi connectivity index (χ2n) is 7.03. The molecule has 0 saturated carbocycles. The van der Waals surface area contributed by atoms with E-state index in [-0.39, 0.29) is 5.70 Å². The number of para-hydroxylation sites is 1. The summed E-state index contributed by atoms with van der Waals surface area (Å²) in [7, 11) is 0. The normalized spacial score (nSPS) is 13.9. The molecule has 1 N–H and O–H groups in total. The lowest BCUT2D eigenvalue weighted by molar-refractivity contribution is -0.120. The first kappa shape index (κ1) is 21.5. The molecule has 3 aromatic carbocycles. The topological polar surface area (TPSA) is 49.4 Å². The van der Waals surface area contributed by atoms with Crippen LogP contribution in [0.15, 0.2) is 82.2 Å². The van der Waals surface area contributed by atoms with Crippen LogP contribution in [0.2, 0.25) is 10.0 Å². The summed E-state index contributed by atoms with van der Waals surface area (Å²) in [4.78, 5) is 29.0. The smallest absolute Gasteiger partial charge is 0.283 e. The second-order valence-corrected chi connectivity index (χ2v) is 8.96. The summed E-state index contributed by atoms with van der Waals surface area (Å²) in [5.41, 5.74) is 3.43. The molecule has 0 unspecified atom stereocenters. The minimum absolute atomic E-state index is 0.221. The lowest BCUT2D eigenvalue weighted by Crippen LogP contribution is -2.32. The van der Waals surface area contributed by atoms with E-state index in [2.05, 4.69) is 5.32 Å². The predicted octanol–water partition coefficient (Wildman–Crippen LogP) is 6.60. The molecule has 0 fully saturated rings. The molecule has 1 heterocycles. The molecule has 1 aliphatic rings. The van der Waals surface area contributed by atoms with Gasteiger partial charge in [0.25, 0.3) is 11.8 Å². The third-order valence-corrected chi connectivity index (χ3v) is 6.69. The van der Waals surface area contributed by atoms with Gasteiger partial charge in [-0.3, -0.25) is 9.59 Å². The molecule has 0 spiro atoms. The maximum atomic E-state index is 13.4. The predicted molar refractivity (Wildman–Crippen MR) is 128 cm³/mol. The summed E-state index contributed by atoms with van der Waals surface area (Å²) in [5, 5.41) is 4.13. The number of thioether (sulfide) groups is 1. The molecular formula is C24H18Cl2N2O2S. The molecule has 7 heteroatoms. The van der Waals surface area contributed by atoms with E-state index < -0.39 is 11.8 Å². The Kier molecular flexibility index (Phi) is 6.10. The molecular weight excluding hydrogens is 451 g/mol. The minimum atomic E-state index is -0.449. The van der Waals surface area contributed by atoms with E-state index in [1.54, 1.807) is 36.4 Å². The number of carbonyl (C=O) groups is 2. The number of nitrogens with one attached hydrogen (secondary N) is 1. The highest BCUT2D eigenvalue weighted by molar-refractivity contribution is 8.04. The zero-order valence-electron chi connectivity index (χ0n) is 16.8. The minimum Gasteiger partial charge on any atom is -0.350 e. The lowest BCUT2D eigenvalue weighted by atomic mass is 10.1. The molecule has 0 atom stereocenters. The Morgan fingerprint density at radius 3 is 2.26 bits per heavy atom. The quantitative estimate of drug-likeness (QED) is 0.428. The second kappa shape index (κ2) is 8.79. The molecule has 2 amide bonds. The van der Waals surface area contributed by atoms with Crippen LogP contribution in [0.4, 0.5) is 11.4 Å². The summed E-state index contributed by atoms with van der Waals surface area (Å²) in [6.07, 6.45) is 0. The van der Waals surface area contributed by atoms with Crippen LogP contribution in [-0.4, -0.2) is 11.8 Å². The fraction of sp³-hybridized carbons (Fsp3) is 0.0833. The summed E-state index contributed by atoms with van der Waals surface area (Å²) in [5.74, 6) is -0.874. The fourth-order valence-electron chi connectivity index (χ4n) is 3.21.